The van der Waals surface area contributed by atoms with Crippen LogP contribution < -0.4 is 14.5 Å². The molecule has 0 aliphatic carbocycles. The Hall–Kier alpha value is -2.91. The first-order valence-electron chi connectivity index (χ1n) is 12.9. The summed E-state index contributed by atoms with van der Waals surface area (Å²) in [4.78, 5) is 29.3. The quantitative estimate of drug-likeness (QED) is 0.431. The molecule has 9 heteroatoms. The highest BCUT2D eigenvalue weighted by molar-refractivity contribution is 7.13. The highest BCUT2D eigenvalue weighted by Crippen LogP contribution is 2.37. The van der Waals surface area contributed by atoms with E-state index >= 15 is 0 Å². The molecule has 2 aromatic heterocycles. The van der Waals surface area contributed by atoms with Gasteiger partial charge in [0.2, 0.25) is 0 Å². The summed E-state index contributed by atoms with van der Waals surface area (Å²) in [5.74, 6) is 0.639. The minimum Gasteiger partial charge on any atom is -0.494 e. The summed E-state index contributed by atoms with van der Waals surface area (Å²) in [7, 11) is 3.18. The molecule has 0 N–H and O–H groups in total. The van der Waals surface area contributed by atoms with Crippen molar-refractivity contribution < 1.29 is 14.3 Å². The predicted octanol–water partition coefficient (Wildman–Crippen LogP) is 4.51. The molecule has 36 heavy (non-hydrogen) atoms. The number of rotatable bonds is 7. The number of carbonyl (C=O) groups excluding carboxylic acids is 1. The molecule has 192 valence electrons. The number of esters is 1. The van der Waals surface area contributed by atoms with Gasteiger partial charge in [-0.1, -0.05) is 6.07 Å². The third kappa shape index (κ3) is 5.27. The first kappa shape index (κ1) is 24.8. The second kappa shape index (κ2) is 11.4. The smallest absolute Gasteiger partial charge is 0.307 e. The zero-order valence-corrected chi connectivity index (χ0v) is 22.0. The molecule has 4 heterocycles. The van der Waals surface area contributed by atoms with Crippen LogP contribution in [0.25, 0.3) is 10.9 Å². The van der Waals surface area contributed by atoms with Gasteiger partial charge in [0.1, 0.15) is 11.4 Å². The lowest BCUT2D eigenvalue weighted by Gasteiger charge is -2.30. The Morgan fingerprint density at radius 2 is 1.83 bits per heavy atom. The number of thiazole rings is 1. The molecule has 5 rings (SSSR count). The lowest BCUT2D eigenvalue weighted by molar-refractivity contribution is -0.142. The molecule has 2 aliphatic heterocycles. The summed E-state index contributed by atoms with van der Waals surface area (Å²) < 4.78 is 10.8. The Morgan fingerprint density at radius 3 is 2.64 bits per heavy atom. The summed E-state index contributed by atoms with van der Waals surface area (Å²) in [5.41, 5.74) is 2.98. The van der Waals surface area contributed by atoms with Crippen molar-refractivity contribution in [2.75, 3.05) is 63.3 Å². The Labute approximate surface area is 216 Å². The Kier molecular flexibility index (Phi) is 7.87. The van der Waals surface area contributed by atoms with Crippen molar-refractivity contribution in [3.8, 4) is 5.75 Å². The number of nitrogens with zero attached hydrogens (tertiary/aromatic N) is 5. The standard InChI is InChI=1S/C27H35N5O3S/c1-34-23-10-9-20-8-6-11-28-25(20)26(23)31-15-7-14-30(16-17-31)22(18-24(33)35-2)21-19-36-27(29-21)32-12-4-3-5-13-32/h6,8-11,19,22H,3-5,7,12-18H2,1-2H3. The van der Waals surface area contributed by atoms with Gasteiger partial charge in [-0.3, -0.25) is 14.7 Å². The number of ether oxygens (including phenoxy) is 2. The van der Waals surface area contributed by atoms with Gasteiger partial charge < -0.3 is 19.3 Å². The van der Waals surface area contributed by atoms with Gasteiger partial charge in [0, 0.05) is 56.2 Å². The molecule has 2 aliphatic rings. The highest BCUT2D eigenvalue weighted by atomic mass is 32.1. The third-order valence-electron chi connectivity index (χ3n) is 7.28. The summed E-state index contributed by atoms with van der Waals surface area (Å²) in [6, 6.07) is 8.04. The fourth-order valence-electron chi connectivity index (χ4n) is 5.38. The molecule has 0 spiro atoms. The average Bonchev–Trinajstić information content (AvgIpc) is 3.30. The van der Waals surface area contributed by atoms with E-state index < -0.39 is 0 Å². The molecule has 2 fully saturated rings. The van der Waals surface area contributed by atoms with E-state index in [0.29, 0.717) is 6.42 Å². The second-order valence-corrected chi connectivity index (χ2v) is 10.3. The van der Waals surface area contributed by atoms with Gasteiger partial charge in [-0.15, -0.1) is 11.3 Å². The van der Waals surface area contributed by atoms with Crippen LogP contribution in [-0.4, -0.2) is 74.3 Å². The van der Waals surface area contributed by atoms with Crippen LogP contribution in [0, 0.1) is 0 Å². The van der Waals surface area contributed by atoms with Crippen molar-refractivity contribution >= 4 is 39.0 Å². The summed E-state index contributed by atoms with van der Waals surface area (Å²) in [6.07, 6.45) is 6.83. The maximum Gasteiger partial charge on any atom is 0.307 e. The number of hydrogen-bond acceptors (Lipinski definition) is 9. The molecule has 1 unspecified atom stereocenters. The molecule has 0 bridgehead atoms. The Morgan fingerprint density at radius 1 is 1.00 bits per heavy atom. The summed E-state index contributed by atoms with van der Waals surface area (Å²) in [6.45, 7) is 5.53. The number of anilines is 2. The number of fused-ring (bicyclic) bond motifs is 1. The zero-order valence-electron chi connectivity index (χ0n) is 21.2. The van der Waals surface area contributed by atoms with Crippen LogP contribution in [0.1, 0.15) is 43.8 Å². The predicted molar refractivity (Wildman–Crippen MR) is 144 cm³/mol. The highest BCUT2D eigenvalue weighted by Gasteiger charge is 2.30. The van der Waals surface area contributed by atoms with Crippen LogP contribution in [0.3, 0.4) is 0 Å². The fourth-order valence-corrected chi connectivity index (χ4v) is 6.30. The summed E-state index contributed by atoms with van der Waals surface area (Å²) in [5, 5.41) is 4.31. The number of pyridine rings is 1. The van der Waals surface area contributed by atoms with Crippen molar-refractivity contribution in [2.24, 2.45) is 0 Å². The van der Waals surface area contributed by atoms with E-state index in [1.807, 2.05) is 18.3 Å². The number of piperidine rings is 1. The molecule has 3 aromatic rings. The third-order valence-corrected chi connectivity index (χ3v) is 8.20. The summed E-state index contributed by atoms with van der Waals surface area (Å²) >= 11 is 1.69. The molecule has 2 saturated heterocycles. The second-order valence-electron chi connectivity index (χ2n) is 9.47. The van der Waals surface area contributed by atoms with Crippen LogP contribution in [0.15, 0.2) is 35.8 Å². The molecular weight excluding hydrogens is 474 g/mol. The monoisotopic (exact) mass is 509 g/mol. The van der Waals surface area contributed by atoms with Gasteiger partial charge in [0.25, 0.3) is 0 Å². The number of hydrogen-bond donors (Lipinski definition) is 0. The van der Waals surface area contributed by atoms with Crippen molar-refractivity contribution in [3.05, 3.63) is 41.5 Å². The minimum absolute atomic E-state index is 0.0975. The zero-order chi connectivity index (χ0) is 24.9. The van der Waals surface area contributed by atoms with Gasteiger partial charge >= 0.3 is 5.97 Å². The topological polar surface area (TPSA) is 71.0 Å². The average molecular weight is 510 g/mol. The van der Waals surface area contributed by atoms with E-state index in [2.05, 4.69) is 37.2 Å². The molecule has 0 radical (unpaired) electrons. The number of methoxy groups -OCH3 is 2. The molecule has 1 atom stereocenters. The van der Waals surface area contributed by atoms with E-state index in [4.69, 9.17) is 14.5 Å². The fraction of sp³-hybridized carbons (Fsp3) is 0.519. The van der Waals surface area contributed by atoms with Crippen LogP contribution in [-0.2, 0) is 9.53 Å². The molecule has 8 nitrogen and oxygen atoms in total. The van der Waals surface area contributed by atoms with E-state index in [1.165, 1.54) is 26.4 Å². The van der Waals surface area contributed by atoms with E-state index in [9.17, 15) is 4.79 Å². The molecule has 0 amide bonds. The van der Waals surface area contributed by atoms with Crippen molar-refractivity contribution in [1.82, 2.24) is 14.9 Å². The van der Waals surface area contributed by atoms with Gasteiger partial charge in [0.15, 0.2) is 5.13 Å². The number of benzene rings is 1. The number of aromatic nitrogens is 2. The molecular formula is C27H35N5O3S. The van der Waals surface area contributed by atoms with Crippen LogP contribution in [0.4, 0.5) is 10.8 Å². The van der Waals surface area contributed by atoms with E-state index in [0.717, 1.165) is 78.9 Å². The largest absolute Gasteiger partial charge is 0.494 e. The molecule has 1 aromatic carbocycles. The maximum absolute atomic E-state index is 12.4. The van der Waals surface area contributed by atoms with Crippen LogP contribution >= 0.6 is 11.3 Å². The van der Waals surface area contributed by atoms with Gasteiger partial charge in [-0.05, 0) is 43.9 Å². The van der Waals surface area contributed by atoms with E-state index in [1.54, 1.807) is 18.4 Å². The van der Waals surface area contributed by atoms with Gasteiger partial charge in [0.05, 0.1) is 37.9 Å². The van der Waals surface area contributed by atoms with E-state index in [-0.39, 0.29) is 12.0 Å². The van der Waals surface area contributed by atoms with Crippen molar-refractivity contribution in [2.45, 2.75) is 38.1 Å². The minimum atomic E-state index is -0.200. The Balaban J connectivity index is 1.38. The van der Waals surface area contributed by atoms with Gasteiger partial charge in [-0.2, -0.15) is 0 Å². The van der Waals surface area contributed by atoms with Crippen LogP contribution in [0.5, 0.6) is 5.75 Å². The lowest BCUT2D eigenvalue weighted by Crippen LogP contribution is -2.35. The first-order valence-corrected chi connectivity index (χ1v) is 13.7. The van der Waals surface area contributed by atoms with Crippen molar-refractivity contribution in [3.63, 3.8) is 0 Å². The SMILES string of the molecule is COC(=O)CC(c1csc(N2CCCCC2)n1)N1CCCN(c2c(OC)ccc3cccnc23)CC1. The van der Waals surface area contributed by atoms with Crippen LogP contribution in [0.2, 0.25) is 0 Å². The molecule has 0 saturated carbocycles. The maximum atomic E-state index is 12.4. The first-order chi connectivity index (χ1) is 17.7. The number of carbonyl (C=O) groups is 1. The normalized spacial score (nSPS) is 18.2. The lowest BCUT2D eigenvalue weighted by atomic mass is 10.1. The van der Waals surface area contributed by atoms with Crippen molar-refractivity contribution in [1.29, 1.82) is 0 Å². The van der Waals surface area contributed by atoms with Gasteiger partial charge in [-0.25, -0.2) is 4.98 Å². The Bertz CT molecular complexity index is 1180.